The highest BCUT2D eigenvalue weighted by atomic mass is 19.4. The molecule has 2 aliphatic rings. The number of pyridine rings is 1. The Morgan fingerprint density at radius 3 is 2.22 bits per heavy atom. The number of carboxylic acid groups (broad SMARTS) is 1. The zero-order valence-electron chi connectivity index (χ0n) is 19.2. The molecular formula is C22H33F3N4O3. The standard InChI is InChI=1S/C20H32N4O.C2HF3O2/c1-5-22-10-8-20(9-11-22)19(25)24(13-12-23(20)15-16(2)3)18-7-6-17(4)21-14-18;3-2(4,5)1(6)7/h6-7,14,16H,5,8-13,15H2,1-4H3;(H,6,7). The van der Waals surface area contributed by atoms with Gasteiger partial charge in [-0.25, -0.2) is 4.79 Å². The summed E-state index contributed by atoms with van der Waals surface area (Å²) in [5.41, 5.74) is 1.59. The van der Waals surface area contributed by atoms with Crippen molar-refractivity contribution >= 4 is 17.6 Å². The number of amides is 1. The van der Waals surface area contributed by atoms with Gasteiger partial charge in [-0.1, -0.05) is 20.8 Å². The first-order chi connectivity index (χ1) is 14.9. The fraction of sp³-hybridized carbons (Fsp3) is 0.682. The highest BCUT2D eigenvalue weighted by molar-refractivity contribution is 6.01. The van der Waals surface area contributed by atoms with E-state index in [4.69, 9.17) is 9.90 Å². The second-order valence-electron chi connectivity index (χ2n) is 8.72. The molecule has 0 aromatic carbocycles. The molecule has 0 unspecified atom stereocenters. The van der Waals surface area contributed by atoms with E-state index in [1.165, 1.54) is 0 Å². The van der Waals surface area contributed by atoms with Gasteiger partial charge in [-0.3, -0.25) is 14.7 Å². The van der Waals surface area contributed by atoms with E-state index in [0.29, 0.717) is 5.92 Å². The molecule has 1 aromatic rings. The maximum Gasteiger partial charge on any atom is 0.490 e. The van der Waals surface area contributed by atoms with Crippen LogP contribution >= 0.6 is 0 Å². The Kier molecular flexibility index (Phi) is 8.64. The molecule has 0 atom stereocenters. The minimum Gasteiger partial charge on any atom is -0.475 e. The molecule has 10 heteroatoms. The first-order valence-corrected chi connectivity index (χ1v) is 10.9. The van der Waals surface area contributed by atoms with E-state index in [-0.39, 0.29) is 11.4 Å². The summed E-state index contributed by atoms with van der Waals surface area (Å²) in [7, 11) is 0. The predicted octanol–water partition coefficient (Wildman–Crippen LogP) is 3.18. The van der Waals surface area contributed by atoms with Crippen molar-refractivity contribution in [3.63, 3.8) is 0 Å². The minimum atomic E-state index is -5.08. The largest absolute Gasteiger partial charge is 0.490 e. The summed E-state index contributed by atoms with van der Waals surface area (Å²) in [4.78, 5) is 33.8. The van der Waals surface area contributed by atoms with E-state index >= 15 is 0 Å². The number of hydrogen-bond donors (Lipinski definition) is 1. The van der Waals surface area contributed by atoms with Gasteiger partial charge in [0.1, 0.15) is 5.54 Å². The fourth-order valence-corrected chi connectivity index (χ4v) is 4.26. The Labute approximate surface area is 187 Å². The van der Waals surface area contributed by atoms with Crippen molar-refractivity contribution in [3.8, 4) is 0 Å². The first-order valence-electron chi connectivity index (χ1n) is 10.9. The predicted molar refractivity (Wildman–Crippen MR) is 116 cm³/mol. The fourth-order valence-electron chi connectivity index (χ4n) is 4.26. The van der Waals surface area contributed by atoms with Crippen molar-refractivity contribution in [2.75, 3.05) is 44.2 Å². The average molecular weight is 459 g/mol. The van der Waals surface area contributed by atoms with Gasteiger partial charge in [0.25, 0.3) is 0 Å². The zero-order chi connectivity index (χ0) is 24.1. The van der Waals surface area contributed by atoms with Crippen LogP contribution in [0.2, 0.25) is 0 Å². The van der Waals surface area contributed by atoms with Crippen LogP contribution in [0.5, 0.6) is 0 Å². The lowest BCUT2D eigenvalue weighted by atomic mass is 9.81. The number of alkyl halides is 3. The number of piperidine rings is 1. The molecule has 0 radical (unpaired) electrons. The summed E-state index contributed by atoms with van der Waals surface area (Å²) in [5.74, 6) is -1.91. The lowest BCUT2D eigenvalue weighted by molar-refractivity contribution is -0.192. The number of aromatic nitrogens is 1. The maximum atomic E-state index is 13.6. The summed E-state index contributed by atoms with van der Waals surface area (Å²) in [6, 6.07) is 4.03. The minimum absolute atomic E-state index is 0.279. The van der Waals surface area contributed by atoms with Gasteiger partial charge in [0.05, 0.1) is 11.9 Å². The van der Waals surface area contributed by atoms with E-state index in [2.05, 4.69) is 35.6 Å². The molecule has 2 fully saturated rings. The molecule has 1 N–H and O–H groups in total. The summed E-state index contributed by atoms with van der Waals surface area (Å²) >= 11 is 0. The number of carbonyl (C=O) groups excluding carboxylic acids is 1. The zero-order valence-corrected chi connectivity index (χ0v) is 19.2. The third-order valence-corrected chi connectivity index (χ3v) is 6.01. The second-order valence-corrected chi connectivity index (χ2v) is 8.72. The van der Waals surface area contributed by atoms with Crippen LogP contribution in [0.4, 0.5) is 18.9 Å². The number of aryl methyl sites for hydroxylation is 1. The van der Waals surface area contributed by atoms with Crippen LogP contribution in [0.15, 0.2) is 18.3 Å². The summed E-state index contributed by atoms with van der Waals surface area (Å²) in [5, 5.41) is 7.12. The summed E-state index contributed by atoms with van der Waals surface area (Å²) in [6.45, 7) is 14.5. The molecule has 3 rings (SSSR count). The van der Waals surface area contributed by atoms with Crippen LogP contribution in [0.3, 0.4) is 0 Å². The van der Waals surface area contributed by atoms with Crippen LogP contribution in [-0.2, 0) is 9.59 Å². The van der Waals surface area contributed by atoms with Crippen LogP contribution < -0.4 is 4.90 Å². The van der Waals surface area contributed by atoms with Gasteiger partial charge >= 0.3 is 12.1 Å². The van der Waals surface area contributed by atoms with Crippen LogP contribution in [0, 0.1) is 12.8 Å². The number of halogens is 3. The molecule has 32 heavy (non-hydrogen) atoms. The monoisotopic (exact) mass is 458 g/mol. The SMILES string of the molecule is CCN1CCC2(CC1)C(=O)N(c1ccc(C)nc1)CCN2CC(C)C.O=C(O)C(F)(F)F. The lowest BCUT2D eigenvalue weighted by Crippen LogP contribution is -2.69. The van der Waals surface area contributed by atoms with Crippen molar-refractivity contribution in [3.05, 3.63) is 24.0 Å². The summed E-state index contributed by atoms with van der Waals surface area (Å²) in [6.07, 6.45) is -1.37. The van der Waals surface area contributed by atoms with Crippen molar-refractivity contribution in [2.24, 2.45) is 5.92 Å². The lowest BCUT2D eigenvalue weighted by Gasteiger charge is -2.53. The Hall–Kier alpha value is -2.20. The van der Waals surface area contributed by atoms with Gasteiger partial charge in [0.2, 0.25) is 5.91 Å². The Balaban J connectivity index is 0.000000451. The van der Waals surface area contributed by atoms with Crippen molar-refractivity contribution < 1.29 is 27.9 Å². The molecule has 2 aliphatic heterocycles. The highest BCUT2D eigenvalue weighted by Crippen LogP contribution is 2.36. The van der Waals surface area contributed by atoms with Crippen LogP contribution in [-0.4, -0.2) is 82.8 Å². The van der Waals surface area contributed by atoms with Crippen molar-refractivity contribution in [1.82, 2.24) is 14.8 Å². The number of carbonyl (C=O) groups is 2. The molecule has 0 saturated carbocycles. The first kappa shape index (κ1) is 26.1. The smallest absolute Gasteiger partial charge is 0.475 e. The maximum absolute atomic E-state index is 13.6. The van der Waals surface area contributed by atoms with Gasteiger partial charge in [-0.05, 0) is 44.4 Å². The molecule has 3 heterocycles. The number of nitrogens with zero attached hydrogens (tertiary/aromatic N) is 4. The number of likely N-dealkylation sites (tertiary alicyclic amines) is 1. The van der Waals surface area contributed by atoms with Crippen molar-refractivity contribution in [2.45, 2.75) is 52.3 Å². The Bertz CT molecular complexity index is 776. The number of rotatable bonds is 4. The van der Waals surface area contributed by atoms with E-state index < -0.39 is 12.1 Å². The summed E-state index contributed by atoms with van der Waals surface area (Å²) < 4.78 is 31.7. The normalized spacial score (nSPS) is 19.8. The molecule has 2 saturated heterocycles. The molecule has 1 amide bonds. The molecule has 1 spiro atoms. The van der Waals surface area contributed by atoms with Gasteiger partial charge in [0, 0.05) is 38.4 Å². The third kappa shape index (κ3) is 6.19. The number of aliphatic carboxylic acids is 1. The molecule has 0 bridgehead atoms. The van der Waals surface area contributed by atoms with Gasteiger partial charge in [-0.2, -0.15) is 13.2 Å². The van der Waals surface area contributed by atoms with Gasteiger partial charge < -0.3 is 14.9 Å². The van der Waals surface area contributed by atoms with E-state index in [1.54, 1.807) is 0 Å². The highest BCUT2D eigenvalue weighted by Gasteiger charge is 2.50. The molecule has 1 aromatic heterocycles. The average Bonchev–Trinajstić information content (AvgIpc) is 2.72. The second kappa shape index (κ2) is 10.6. The van der Waals surface area contributed by atoms with Gasteiger partial charge in [0.15, 0.2) is 0 Å². The number of hydrogen-bond acceptors (Lipinski definition) is 5. The quantitative estimate of drug-likeness (QED) is 0.747. The molecule has 7 nitrogen and oxygen atoms in total. The van der Waals surface area contributed by atoms with Crippen LogP contribution in [0.25, 0.3) is 0 Å². The Morgan fingerprint density at radius 2 is 1.78 bits per heavy atom. The van der Waals surface area contributed by atoms with Crippen LogP contribution in [0.1, 0.15) is 39.3 Å². The third-order valence-electron chi connectivity index (χ3n) is 6.01. The van der Waals surface area contributed by atoms with E-state index in [1.807, 2.05) is 30.2 Å². The molecule has 0 aliphatic carbocycles. The van der Waals surface area contributed by atoms with E-state index in [9.17, 15) is 18.0 Å². The van der Waals surface area contributed by atoms with Crippen molar-refractivity contribution in [1.29, 1.82) is 0 Å². The number of carboxylic acids is 1. The topological polar surface area (TPSA) is 77.0 Å². The van der Waals surface area contributed by atoms with E-state index in [0.717, 1.165) is 63.5 Å². The van der Waals surface area contributed by atoms with Gasteiger partial charge in [-0.15, -0.1) is 0 Å². The number of piperazine rings is 1. The Morgan fingerprint density at radius 1 is 1.19 bits per heavy atom. The molecular weight excluding hydrogens is 425 g/mol. The number of anilines is 1. The molecule has 180 valence electrons.